The predicted octanol–water partition coefficient (Wildman–Crippen LogP) is 15.8. The lowest BCUT2D eigenvalue weighted by atomic mass is 10.0. The van der Waals surface area contributed by atoms with Crippen molar-refractivity contribution in [1.29, 1.82) is 0 Å². The zero-order chi connectivity index (χ0) is 38.4. The maximum Gasteiger partial charge on any atom is 0.0547 e. The van der Waals surface area contributed by atoms with Crippen molar-refractivity contribution < 1.29 is 0 Å². The highest BCUT2D eigenvalue weighted by molar-refractivity contribution is 7.25. The van der Waals surface area contributed by atoms with Crippen molar-refractivity contribution in [1.82, 2.24) is 4.57 Å². The molecule has 0 unspecified atom stereocenters. The van der Waals surface area contributed by atoms with Gasteiger partial charge in [-0.25, -0.2) is 0 Å². The first-order chi connectivity index (χ1) is 28.8. The highest BCUT2D eigenvalue weighted by atomic mass is 32.1. The molecule has 0 saturated carbocycles. The van der Waals surface area contributed by atoms with Gasteiger partial charge < -0.3 is 14.4 Å². The Bertz CT molecular complexity index is 3190. The average Bonchev–Trinajstić information content (AvgIpc) is 3.83. The number of benzene rings is 9. The number of anilines is 6. The third-order valence-electron chi connectivity index (χ3n) is 11.1. The summed E-state index contributed by atoms with van der Waals surface area (Å²) in [6.07, 6.45) is 0. The number of para-hydroxylation sites is 5. The molecule has 0 atom stereocenters. The fraction of sp³-hybridized carbons (Fsp3) is 0. The van der Waals surface area contributed by atoms with Gasteiger partial charge in [0.2, 0.25) is 0 Å². The lowest BCUT2D eigenvalue weighted by molar-refractivity contribution is 1.18. The Kier molecular flexibility index (Phi) is 8.34. The molecule has 2 aromatic heterocycles. The second-order valence-corrected chi connectivity index (χ2v) is 15.7. The molecule has 9 aromatic carbocycles. The summed E-state index contributed by atoms with van der Waals surface area (Å²) in [5.41, 5.74) is 12.7. The van der Waals surface area contributed by atoms with Gasteiger partial charge in [0.25, 0.3) is 0 Å². The van der Waals surface area contributed by atoms with Gasteiger partial charge in [0.05, 0.1) is 11.0 Å². The number of thiophene rings is 1. The predicted molar refractivity (Wildman–Crippen MR) is 248 cm³/mol. The lowest BCUT2D eigenvalue weighted by Gasteiger charge is -2.26. The van der Waals surface area contributed by atoms with Crippen LogP contribution in [-0.4, -0.2) is 4.57 Å². The molecule has 0 aliphatic rings. The maximum atomic E-state index is 2.39. The lowest BCUT2D eigenvalue weighted by Crippen LogP contribution is -2.09. The molecule has 274 valence electrons. The molecule has 11 rings (SSSR count). The van der Waals surface area contributed by atoms with E-state index in [0.717, 1.165) is 39.8 Å². The van der Waals surface area contributed by atoms with Crippen LogP contribution in [0.25, 0.3) is 58.8 Å². The topological polar surface area (TPSA) is 11.4 Å². The van der Waals surface area contributed by atoms with E-state index < -0.39 is 0 Å². The van der Waals surface area contributed by atoms with Crippen LogP contribution in [0.4, 0.5) is 34.1 Å². The molecule has 0 radical (unpaired) electrons. The Morgan fingerprint density at radius 3 is 1.52 bits per heavy atom. The van der Waals surface area contributed by atoms with Crippen molar-refractivity contribution in [3.05, 3.63) is 224 Å². The van der Waals surface area contributed by atoms with Gasteiger partial charge in [0.1, 0.15) is 0 Å². The van der Waals surface area contributed by atoms with Crippen LogP contribution in [-0.2, 0) is 0 Å². The minimum absolute atomic E-state index is 1.11. The summed E-state index contributed by atoms with van der Waals surface area (Å²) < 4.78 is 4.92. The van der Waals surface area contributed by atoms with E-state index in [4.69, 9.17) is 0 Å². The average molecular weight is 760 g/mol. The zero-order valence-corrected chi connectivity index (χ0v) is 32.4. The number of hydrogen-bond donors (Lipinski definition) is 0. The largest absolute Gasteiger partial charge is 0.310 e. The van der Waals surface area contributed by atoms with Gasteiger partial charge in [0.15, 0.2) is 0 Å². The van der Waals surface area contributed by atoms with Gasteiger partial charge in [-0.05, 0) is 114 Å². The van der Waals surface area contributed by atoms with E-state index in [2.05, 4.69) is 239 Å². The van der Waals surface area contributed by atoms with Gasteiger partial charge >= 0.3 is 0 Å². The minimum Gasteiger partial charge on any atom is -0.310 e. The molecular weight excluding hydrogens is 723 g/mol. The Balaban J connectivity index is 1.02. The Morgan fingerprint density at radius 1 is 0.293 bits per heavy atom. The Hall–Kier alpha value is -7.40. The molecule has 2 heterocycles. The number of aromatic nitrogens is 1. The van der Waals surface area contributed by atoms with Gasteiger partial charge in [-0.1, -0.05) is 121 Å². The first-order valence-electron chi connectivity index (χ1n) is 19.7. The summed E-state index contributed by atoms with van der Waals surface area (Å²) in [5, 5.41) is 5.03. The van der Waals surface area contributed by atoms with Crippen LogP contribution in [0.5, 0.6) is 0 Å². The number of nitrogens with zero attached hydrogens (tertiary/aromatic N) is 3. The van der Waals surface area contributed by atoms with Crippen molar-refractivity contribution in [2.75, 3.05) is 9.80 Å². The van der Waals surface area contributed by atoms with Gasteiger partial charge in [-0.2, -0.15) is 0 Å². The standard InChI is InChI=1S/C54H37N3S/c1-5-17-40(18-6-1)55(41-19-7-2-8-20-41)46-29-32-49-50-36-45(30-33-53(50)58-54(49)37-46)56(42-21-9-3-10-22-42)44-25-15-16-38(34-44)39-28-31-48-47-26-13-14-27-51(47)57(52(48)35-39)43-23-11-4-12-24-43/h1-37H. The van der Waals surface area contributed by atoms with Crippen molar-refractivity contribution in [2.45, 2.75) is 0 Å². The Morgan fingerprint density at radius 2 is 0.810 bits per heavy atom. The van der Waals surface area contributed by atoms with Crippen LogP contribution in [0.3, 0.4) is 0 Å². The highest BCUT2D eigenvalue weighted by Gasteiger charge is 2.19. The van der Waals surface area contributed by atoms with E-state index >= 15 is 0 Å². The molecule has 0 spiro atoms. The summed E-state index contributed by atoms with van der Waals surface area (Å²) in [6.45, 7) is 0. The molecule has 3 nitrogen and oxygen atoms in total. The van der Waals surface area contributed by atoms with E-state index in [1.54, 1.807) is 0 Å². The smallest absolute Gasteiger partial charge is 0.0547 e. The minimum atomic E-state index is 1.11. The van der Waals surface area contributed by atoms with Crippen molar-refractivity contribution in [2.24, 2.45) is 0 Å². The first kappa shape index (κ1) is 33.9. The fourth-order valence-electron chi connectivity index (χ4n) is 8.49. The first-order valence-corrected chi connectivity index (χ1v) is 20.5. The van der Waals surface area contributed by atoms with Crippen LogP contribution in [0, 0.1) is 0 Å². The molecule has 0 N–H and O–H groups in total. The van der Waals surface area contributed by atoms with Gasteiger partial charge in [0, 0.05) is 70.8 Å². The van der Waals surface area contributed by atoms with Gasteiger partial charge in [-0.3, -0.25) is 0 Å². The molecule has 0 bridgehead atoms. The van der Waals surface area contributed by atoms with Crippen LogP contribution < -0.4 is 9.80 Å². The van der Waals surface area contributed by atoms with E-state index in [1.807, 2.05) is 11.3 Å². The zero-order valence-electron chi connectivity index (χ0n) is 31.6. The summed E-state index contributed by atoms with van der Waals surface area (Å²) in [5.74, 6) is 0. The SMILES string of the molecule is c1ccc(N(c2ccccc2)c2ccc3c(c2)sc2ccc(N(c4ccccc4)c4cccc(-c5ccc6c7ccccc7n(-c7ccccc7)c6c5)c4)cc23)cc1. The van der Waals surface area contributed by atoms with Crippen LogP contribution in [0.2, 0.25) is 0 Å². The second kappa shape index (κ2) is 14.3. The molecule has 0 amide bonds. The summed E-state index contributed by atoms with van der Waals surface area (Å²) >= 11 is 1.85. The summed E-state index contributed by atoms with van der Waals surface area (Å²) in [6, 6.07) is 81.0. The molecular formula is C54H37N3S. The highest BCUT2D eigenvalue weighted by Crippen LogP contribution is 2.44. The van der Waals surface area contributed by atoms with Gasteiger partial charge in [-0.15, -0.1) is 11.3 Å². The molecule has 0 aliphatic carbocycles. The molecule has 11 aromatic rings. The van der Waals surface area contributed by atoms with E-state index in [-0.39, 0.29) is 0 Å². The van der Waals surface area contributed by atoms with Crippen LogP contribution in [0.1, 0.15) is 0 Å². The maximum absolute atomic E-state index is 2.39. The molecule has 58 heavy (non-hydrogen) atoms. The number of fused-ring (bicyclic) bond motifs is 6. The van der Waals surface area contributed by atoms with Crippen molar-refractivity contribution >= 4 is 87.4 Å². The van der Waals surface area contributed by atoms with E-state index in [9.17, 15) is 0 Å². The summed E-state index contributed by atoms with van der Waals surface area (Å²) in [4.78, 5) is 4.71. The number of rotatable bonds is 8. The molecule has 0 fully saturated rings. The number of hydrogen-bond acceptors (Lipinski definition) is 3. The summed E-state index contributed by atoms with van der Waals surface area (Å²) in [7, 11) is 0. The van der Waals surface area contributed by atoms with E-state index in [1.165, 1.54) is 53.1 Å². The van der Waals surface area contributed by atoms with E-state index in [0.29, 0.717) is 0 Å². The van der Waals surface area contributed by atoms with Crippen LogP contribution >= 0.6 is 11.3 Å². The Labute approximate surface area is 341 Å². The fourth-order valence-corrected chi connectivity index (χ4v) is 9.61. The quantitative estimate of drug-likeness (QED) is 0.153. The molecule has 0 saturated heterocycles. The monoisotopic (exact) mass is 759 g/mol. The van der Waals surface area contributed by atoms with Crippen molar-refractivity contribution in [3.63, 3.8) is 0 Å². The van der Waals surface area contributed by atoms with Crippen LogP contribution in [0.15, 0.2) is 224 Å². The third kappa shape index (κ3) is 5.90. The normalized spacial score (nSPS) is 11.4. The van der Waals surface area contributed by atoms with Crippen molar-refractivity contribution in [3.8, 4) is 16.8 Å². The molecule has 0 aliphatic heterocycles. The molecule has 4 heteroatoms. The third-order valence-corrected chi connectivity index (χ3v) is 12.3. The second-order valence-electron chi connectivity index (χ2n) is 14.6.